The van der Waals surface area contributed by atoms with Crippen LogP contribution in [-0.4, -0.2) is 47.5 Å². The predicted octanol–water partition coefficient (Wildman–Crippen LogP) is 2.31. The van der Waals surface area contributed by atoms with Crippen LogP contribution in [-0.2, 0) is 13.1 Å². The van der Waals surface area contributed by atoms with Crippen LogP contribution in [0.4, 0.5) is 0 Å². The number of thiophene rings is 1. The first-order valence-corrected chi connectivity index (χ1v) is 11.5. The number of nitrogens with two attached hydrogens (primary N) is 1. The van der Waals surface area contributed by atoms with Gasteiger partial charge in [-0.15, -0.1) is 11.3 Å². The predicted molar refractivity (Wildman–Crippen MR) is 122 cm³/mol. The van der Waals surface area contributed by atoms with Gasteiger partial charge in [0.15, 0.2) is 0 Å². The molecular weight excluding hydrogens is 424 g/mol. The van der Waals surface area contributed by atoms with Gasteiger partial charge in [-0.1, -0.05) is 6.07 Å². The summed E-state index contributed by atoms with van der Waals surface area (Å²) in [5, 5.41) is 2.00. The maximum absolute atomic E-state index is 12.3. The topological polar surface area (TPSA) is 119 Å². The van der Waals surface area contributed by atoms with Gasteiger partial charge in [0.25, 0.3) is 5.56 Å². The first kappa shape index (κ1) is 20.7. The number of aromatic amines is 1. The summed E-state index contributed by atoms with van der Waals surface area (Å²) in [6, 6.07) is 7.35. The Bertz CT molecular complexity index is 1250. The van der Waals surface area contributed by atoms with Crippen molar-refractivity contribution < 1.29 is 0 Å². The van der Waals surface area contributed by atoms with E-state index in [4.69, 9.17) is 10.7 Å². The average Bonchev–Trinajstić information content (AvgIpc) is 3.52. The van der Waals surface area contributed by atoms with Crippen LogP contribution in [0.1, 0.15) is 36.0 Å². The molecule has 0 spiro atoms. The Morgan fingerprint density at radius 3 is 3.00 bits per heavy atom. The monoisotopic (exact) mass is 448 g/mol. The molecule has 0 amide bonds. The van der Waals surface area contributed by atoms with E-state index in [1.54, 1.807) is 36.0 Å². The molecule has 1 unspecified atom stereocenters. The van der Waals surface area contributed by atoms with Gasteiger partial charge in [-0.25, -0.2) is 19.9 Å². The van der Waals surface area contributed by atoms with Crippen LogP contribution in [0.5, 0.6) is 0 Å². The lowest BCUT2D eigenvalue weighted by molar-refractivity contribution is 0.194. The number of imidazole rings is 1. The molecular formula is C22H24N8OS. The number of piperidine rings is 1. The molecule has 1 fully saturated rings. The lowest BCUT2D eigenvalue weighted by Gasteiger charge is -2.31. The minimum Gasteiger partial charge on any atom is -0.325 e. The van der Waals surface area contributed by atoms with Crippen LogP contribution >= 0.6 is 11.3 Å². The van der Waals surface area contributed by atoms with E-state index in [-0.39, 0.29) is 11.5 Å². The highest BCUT2D eigenvalue weighted by atomic mass is 32.1. The summed E-state index contributed by atoms with van der Waals surface area (Å²) in [7, 11) is 0. The van der Waals surface area contributed by atoms with Gasteiger partial charge < -0.3 is 10.7 Å². The summed E-state index contributed by atoms with van der Waals surface area (Å²) in [4.78, 5) is 36.7. The minimum atomic E-state index is -0.103. The van der Waals surface area contributed by atoms with Gasteiger partial charge in [-0.2, -0.15) is 0 Å². The number of H-pyrrole nitrogens is 1. The van der Waals surface area contributed by atoms with Crippen molar-refractivity contribution in [3.63, 3.8) is 0 Å². The average molecular weight is 449 g/mol. The zero-order valence-electron chi connectivity index (χ0n) is 17.5. The third-order valence-corrected chi connectivity index (χ3v) is 6.48. The molecule has 0 radical (unpaired) electrons. The largest absolute Gasteiger partial charge is 0.325 e. The summed E-state index contributed by atoms with van der Waals surface area (Å²) in [6.07, 6.45) is 7.44. The molecule has 5 rings (SSSR count). The highest BCUT2D eigenvalue weighted by Gasteiger charge is 2.24. The molecule has 9 nitrogen and oxygen atoms in total. The minimum absolute atomic E-state index is 0.103. The summed E-state index contributed by atoms with van der Waals surface area (Å²) < 4.78 is 1.82. The summed E-state index contributed by atoms with van der Waals surface area (Å²) in [5.41, 5.74) is 8.06. The highest BCUT2D eigenvalue weighted by Crippen LogP contribution is 2.27. The van der Waals surface area contributed by atoms with Crippen molar-refractivity contribution in [2.24, 2.45) is 5.73 Å². The first-order valence-electron chi connectivity index (χ1n) is 10.6. The Morgan fingerprint density at radius 2 is 2.16 bits per heavy atom. The zero-order valence-corrected chi connectivity index (χ0v) is 18.3. The Kier molecular flexibility index (Phi) is 5.89. The fraction of sp³-hybridized carbons (Fsp3) is 0.318. The van der Waals surface area contributed by atoms with Gasteiger partial charge in [-0.05, 0) is 36.9 Å². The third-order valence-electron chi connectivity index (χ3n) is 5.59. The maximum atomic E-state index is 12.3. The number of hydrogen-bond donors (Lipinski definition) is 2. The van der Waals surface area contributed by atoms with Gasteiger partial charge in [-0.3, -0.25) is 14.3 Å². The molecule has 4 aromatic heterocycles. The van der Waals surface area contributed by atoms with Gasteiger partial charge in [0.2, 0.25) is 5.95 Å². The molecule has 0 bridgehead atoms. The van der Waals surface area contributed by atoms with E-state index in [0.717, 1.165) is 60.3 Å². The second-order valence-electron chi connectivity index (χ2n) is 7.89. The SMILES string of the molecule is NCc1ccnc(-n2cnc(CN3CCCC(c4nc(-c5cccs5)cc(=O)[nH]4)C3)c2)n1. The number of likely N-dealkylation sites (tertiary alicyclic amines) is 1. The van der Waals surface area contributed by atoms with Crippen LogP contribution in [0.25, 0.3) is 16.5 Å². The molecule has 0 saturated carbocycles. The molecule has 0 aliphatic carbocycles. The lowest BCUT2D eigenvalue weighted by atomic mass is 9.97. The van der Waals surface area contributed by atoms with E-state index in [9.17, 15) is 4.79 Å². The molecule has 1 atom stereocenters. The molecule has 32 heavy (non-hydrogen) atoms. The van der Waals surface area contributed by atoms with Crippen LogP contribution in [0.2, 0.25) is 0 Å². The van der Waals surface area contributed by atoms with Crippen molar-refractivity contribution in [3.05, 3.63) is 75.9 Å². The van der Waals surface area contributed by atoms with Gasteiger partial charge in [0.05, 0.1) is 22.0 Å². The van der Waals surface area contributed by atoms with Crippen molar-refractivity contribution in [1.82, 2.24) is 34.4 Å². The highest BCUT2D eigenvalue weighted by molar-refractivity contribution is 7.13. The Morgan fingerprint density at radius 1 is 1.22 bits per heavy atom. The van der Waals surface area contributed by atoms with Crippen molar-refractivity contribution in [2.45, 2.75) is 31.8 Å². The van der Waals surface area contributed by atoms with Crippen molar-refractivity contribution in [1.29, 1.82) is 0 Å². The van der Waals surface area contributed by atoms with E-state index in [0.29, 0.717) is 12.5 Å². The maximum Gasteiger partial charge on any atom is 0.251 e. The lowest BCUT2D eigenvalue weighted by Crippen LogP contribution is -2.35. The summed E-state index contributed by atoms with van der Waals surface area (Å²) in [6.45, 7) is 2.89. The molecule has 1 aliphatic heterocycles. The molecule has 10 heteroatoms. The van der Waals surface area contributed by atoms with Crippen LogP contribution in [0.3, 0.4) is 0 Å². The third kappa shape index (κ3) is 4.52. The van der Waals surface area contributed by atoms with Gasteiger partial charge in [0, 0.05) is 44.0 Å². The summed E-state index contributed by atoms with van der Waals surface area (Å²) >= 11 is 1.59. The van der Waals surface area contributed by atoms with Crippen molar-refractivity contribution in [3.8, 4) is 16.5 Å². The molecule has 164 valence electrons. The number of nitrogens with one attached hydrogen (secondary N) is 1. The fourth-order valence-corrected chi connectivity index (χ4v) is 4.74. The molecule has 3 N–H and O–H groups in total. The van der Waals surface area contributed by atoms with E-state index >= 15 is 0 Å². The smallest absolute Gasteiger partial charge is 0.251 e. The number of hydrogen-bond acceptors (Lipinski definition) is 8. The molecule has 1 saturated heterocycles. The van der Waals surface area contributed by atoms with Crippen molar-refractivity contribution in [2.75, 3.05) is 13.1 Å². The Balaban J connectivity index is 1.30. The standard InChI is InChI=1S/C22H24N8OS/c23-10-16-5-6-24-22(26-16)30-13-17(25-14-30)12-29-7-1-3-15(11-29)21-27-18(9-20(31)28-21)19-4-2-8-32-19/h2,4-6,8-9,13-15H,1,3,7,10-12,23H2,(H,27,28,31). The Labute approximate surface area is 189 Å². The number of nitrogens with zero attached hydrogens (tertiary/aromatic N) is 6. The first-order chi connectivity index (χ1) is 15.7. The van der Waals surface area contributed by atoms with Crippen LogP contribution in [0.15, 0.2) is 53.2 Å². The van der Waals surface area contributed by atoms with E-state index in [2.05, 4.69) is 24.8 Å². The van der Waals surface area contributed by atoms with Crippen LogP contribution in [0, 0.1) is 0 Å². The second-order valence-corrected chi connectivity index (χ2v) is 8.84. The van der Waals surface area contributed by atoms with Gasteiger partial charge in [0.1, 0.15) is 12.2 Å². The number of rotatable bonds is 6. The normalized spacial score (nSPS) is 17.0. The fourth-order valence-electron chi connectivity index (χ4n) is 4.05. The zero-order chi connectivity index (χ0) is 21.9. The van der Waals surface area contributed by atoms with E-state index < -0.39 is 0 Å². The summed E-state index contributed by atoms with van der Waals surface area (Å²) in [5.74, 6) is 1.52. The molecule has 4 aromatic rings. The van der Waals surface area contributed by atoms with Crippen molar-refractivity contribution >= 4 is 11.3 Å². The Hall–Kier alpha value is -3.21. The molecule has 5 heterocycles. The molecule has 1 aliphatic rings. The van der Waals surface area contributed by atoms with Crippen LogP contribution < -0.4 is 11.3 Å². The van der Waals surface area contributed by atoms with Gasteiger partial charge >= 0.3 is 0 Å². The number of aromatic nitrogens is 6. The molecule has 0 aromatic carbocycles. The van der Waals surface area contributed by atoms with E-state index in [1.807, 2.05) is 28.3 Å². The second kappa shape index (κ2) is 9.11. The quantitative estimate of drug-likeness (QED) is 0.465. The van der Waals surface area contributed by atoms with E-state index in [1.165, 1.54) is 0 Å².